The lowest BCUT2D eigenvalue weighted by molar-refractivity contribution is 0.0935. The zero-order valence-electron chi connectivity index (χ0n) is 11.2. The molecular weight excluding hydrogens is 234 g/mol. The molecule has 1 atom stereocenters. The summed E-state index contributed by atoms with van der Waals surface area (Å²) >= 11 is 0. The molecule has 0 aliphatic carbocycles. The first-order valence-electron chi connectivity index (χ1n) is 6.56. The van der Waals surface area contributed by atoms with Crippen molar-refractivity contribution in [3.05, 3.63) is 70.8 Å². The van der Waals surface area contributed by atoms with E-state index in [2.05, 4.69) is 37.4 Å². The normalized spacial score (nSPS) is 21.1. The van der Waals surface area contributed by atoms with Crippen molar-refractivity contribution >= 4 is 5.91 Å². The van der Waals surface area contributed by atoms with Crippen LogP contribution in [0.2, 0.25) is 0 Å². The number of hydrogen-bond acceptors (Lipinski definition) is 1. The van der Waals surface area contributed by atoms with Crippen LogP contribution in [0.4, 0.5) is 0 Å². The Morgan fingerprint density at radius 3 is 2.58 bits per heavy atom. The quantitative estimate of drug-likeness (QED) is 0.872. The van der Waals surface area contributed by atoms with E-state index in [-0.39, 0.29) is 11.4 Å². The van der Waals surface area contributed by atoms with Gasteiger partial charge in [-0.05, 0) is 37.5 Å². The van der Waals surface area contributed by atoms with Crippen LogP contribution in [0.5, 0.6) is 0 Å². The number of rotatable bonds is 2. The van der Waals surface area contributed by atoms with Crippen LogP contribution >= 0.6 is 0 Å². The van der Waals surface area contributed by atoms with Crippen molar-refractivity contribution in [3.8, 4) is 0 Å². The molecule has 96 valence electrons. The van der Waals surface area contributed by atoms with E-state index in [1.54, 1.807) is 0 Å². The molecule has 0 radical (unpaired) electrons. The van der Waals surface area contributed by atoms with Gasteiger partial charge in [0.15, 0.2) is 0 Å². The number of carbonyl (C=O) groups excluding carboxylic acids is 1. The molecule has 0 saturated heterocycles. The van der Waals surface area contributed by atoms with Crippen LogP contribution in [0.1, 0.15) is 34.0 Å². The third-order valence-corrected chi connectivity index (χ3v) is 3.80. The van der Waals surface area contributed by atoms with Crippen molar-refractivity contribution in [2.75, 3.05) is 0 Å². The monoisotopic (exact) mass is 251 g/mol. The lowest BCUT2D eigenvalue weighted by Gasteiger charge is -2.26. The number of aryl methyl sites for hydroxylation is 1. The van der Waals surface area contributed by atoms with Crippen molar-refractivity contribution in [1.82, 2.24) is 5.32 Å². The summed E-state index contributed by atoms with van der Waals surface area (Å²) in [6, 6.07) is 16.3. The third-order valence-electron chi connectivity index (χ3n) is 3.80. The van der Waals surface area contributed by atoms with E-state index >= 15 is 0 Å². The summed E-state index contributed by atoms with van der Waals surface area (Å²) in [5, 5.41) is 3.13. The number of carbonyl (C=O) groups is 1. The minimum atomic E-state index is -0.306. The highest BCUT2D eigenvalue weighted by Gasteiger charge is 2.38. The van der Waals surface area contributed by atoms with Crippen LogP contribution in [-0.2, 0) is 12.0 Å². The highest BCUT2D eigenvalue weighted by Crippen LogP contribution is 2.34. The van der Waals surface area contributed by atoms with Crippen LogP contribution in [0.3, 0.4) is 0 Å². The van der Waals surface area contributed by atoms with Crippen LogP contribution < -0.4 is 5.32 Å². The summed E-state index contributed by atoms with van der Waals surface area (Å²) in [4.78, 5) is 12.1. The van der Waals surface area contributed by atoms with E-state index in [9.17, 15) is 4.79 Å². The second-order valence-electron chi connectivity index (χ2n) is 5.50. The lowest BCUT2D eigenvalue weighted by Crippen LogP contribution is -2.38. The van der Waals surface area contributed by atoms with Crippen molar-refractivity contribution in [2.45, 2.75) is 25.8 Å². The van der Waals surface area contributed by atoms with Crippen molar-refractivity contribution in [2.24, 2.45) is 0 Å². The highest BCUT2D eigenvalue weighted by atomic mass is 16.2. The molecule has 0 bridgehead atoms. The molecule has 1 amide bonds. The maximum Gasteiger partial charge on any atom is 0.252 e. The first-order valence-corrected chi connectivity index (χ1v) is 6.56. The van der Waals surface area contributed by atoms with Gasteiger partial charge in [0.25, 0.3) is 5.91 Å². The van der Waals surface area contributed by atoms with Gasteiger partial charge in [-0.2, -0.15) is 0 Å². The fraction of sp³-hybridized carbons (Fsp3) is 0.235. The number of hydrogen-bond donors (Lipinski definition) is 1. The summed E-state index contributed by atoms with van der Waals surface area (Å²) in [6.07, 6.45) is 0.816. The van der Waals surface area contributed by atoms with Gasteiger partial charge >= 0.3 is 0 Å². The van der Waals surface area contributed by atoms with E-state index < -0.39 is 0 Å². The Balaban J connectivity index is 2.03. The Hall–Kier alpha value is -2.09. The molecular formula is C17H17NO. The number of benzene rings is 2. The standard InChI is InChI=1S/C17H17NO/c1-12-8-9-14-15(10-12)17(2,18-16(14)19)11-13-6-4-3-5-7-13/h3-10H,11H2,1-2H3,(H,18,19). The molecule has 1 aliphatic heterocycles. The second kappa shape index (κ2) is 4.23. The Labute approximate surface area is 113 Å². The van der Waals surface area contributed by atoms with Gasteiger partial charge in [0, 0.05) is 5.56 Å². The van der Waals surface area contributed by atoms with E-state index in [0.717, 1.165) is 17.5 Å². The molecule has 0 spiro atoms. The lowest BCUT2D eigenvalue weighted by atomic mass is 9.85. The number of fused-ring (bicyclic) bond motifs is 1. The molecule has 1 heterocycles. The topological polar surface area (TPSA) is 29.1 Å². The summed E-state index contributed by atoms with van der Waals surface area (Å²) in [6.45, 7) is 4.16. The van der Waals surface area contributed by atoms with Crippen LogP contribution in [0, 0.1) is 6.92 Å². The molecule has 0 aromatic heterocycles. The maximum atomic E-state index is 12.1. The summed E-state index contributed by atoms with van der Waals surface area (Å²) in [5.41, 5.74) is 4.04. The van der Waals surface area contributed by atoms with Crippen LogP contribution in [-0.4, -0.2) is 5.91 Å². The van der Waals surface area contributed by atoms with Crippen molar-refractivity contribution in [3.63, 3.8) is 0 Å². The van der Waals surface area contributed by atoms with Gasteiger partial charge in [-0.3, -0.25) is 4.79 Å². The molecule has 2 aromatic rings. The van der Waals surface area contributed by atoms with Gasteiger partial charge < -0.3 is 5.32 Å². The van der Waals surface area contributed by atoms with Crippen LogP contribution in [0.25, 0.3) is 0 Å². The summed E-state index contributed by atoms with van der Waals surface area (Å²) < 4.78 is 0. The molecule has 2 aromatic carbocycles. The number of nitrogens with one attached hydrogen (secondary N) is 1. The summed E-state index contributed by atoms with van der Waals surface area (Å²) in [5.74, 6) is 0.0356. The fourth-order valence-corrected chi connectivity index (χ4v) is 2.84. The molecule has 0 fully saturated rings. The van der Waals surface area contributed by atoms with E-state index in [0.29, 0.717) is 0 Å². The Morgan fingerprint density at radius 1 is 1.11 bits per heavy atom. The first kappa shape index (κ1) is 12.0. The third kappa shape index (κ3) is 2.03. The van der Waals surface area contributed by atoms with Gasteiger partial charge in [-0.1, -0.05) is 48.0 Å². The Kier molecular flexibility index (Phi) is 2.67. The van der Waals surface area contributed by atoms with Crippen LogP contribution in [0.15, 0.2) is 48.5 Å². The van der Waals surface area contributed by atoms with Crippen molar-refractivity contribution in [1.29, 1.82) is 0 Å². The molecule has 1 N–H and O–H groups in total. The average molecular weight is 251 g/mol. The van der Waals surface area contributed by atoms with Crippen molar-refractivity contribution < 1.29 is 4.79 Å². The van der Waals surface area contributed by atoms with Gasteiger partial charge in [0.2, 0.25) is 0 Å². The molecule has 1 unspecified atom stereocenters. The molecule has 0 saturated carbocycles. The predicted molar refractivity (Wildman–Crippen MR) is 76.1 cm³/mol. The van der Waals surface area contributed by atoms with Gasteiger partial charge in [-0.15, -0.1) is 0 Å². The zero-order chi connectivity index (χ0) is 13.5. The minimum Gasteiger partial charge on any atom is -0.342 e. The van der Waals surface area contributed by atoms with Gasteiger partial charge in [0.05, 0.1) is 5.54 Å². The highest BCUT2D eigenvalue weighted by molar-refractivity contribution is 6.00. The first-order chi connectivity index (χ1) is 9.08. The van der Waals surface area contributed by atoms with Gasteiger partial charge in [0.1, 0.15) is 0 Å². The molecule has 2 heteroatoms. The molecule has 19 heavy (non-hydrogen) atoms. The molecule has 1 aliphatic rings. The Morgan fingerprint density at radius 2 is 1.84 bits per heavy atom. The smallest absolute Gasteiger partial charge is 0.252 e. The number of amides is 1. The largest absolute Gasteiger partial charge is 0.342 e. The SMILES string of the molecule is Cc1ccc2c(c1)C(C)(Cc1ccccc1)NC2=O. The maximum absolute atomic E-state index is 12.1. The second-order valence-corrected chi connectivity index (χ2v) is 5.50. The molecule has 2 nitrogen and oxygen atoms in total. The van der Waals surface area contributed by atoms with E-state index in [4.69, 9.17) is 0 Å². The Bertz CT molecular complexity index is 633. The average Bonchev–Trinajstić information content (AvgIpc) is 2.62. The van der Waals surface area contributed by atoms with Gasteiger partial charge in [-0.25, -0.2) is 0 Å². The fourth-order valence-electron chi connectivity index (χ4n) is 2.84. The predicted octanol–water partition coefficient (Wildman–Crippen LogP) is 3.20. The minimum absolute atomic E-state index is 0.0356. The van der Waals surface area contributed by atoms with E-state index in [1.165, 1.54) is 11.1 Å². The molecule has 3 rings (SSSR count). The summed E-state index contributed by atoms with van der Waals surface area (Å²) in [7, 11) is 0. The van der Waals surface area contributed by atoms with E-state index in [1.807, 2.05) is 30.3 Å². The zero-order valence-corrected chi connectivity index (χ0v) is 11.2.